The van der Waals surface area contributed by atoms with Gasteiger partial charge in [-0.25, -0.2) is 0 Å². The van der Waals surface area contributed by atoms with Gasteiger partial charge < -0.3 is 24.3 Å². The number of methoxy groups -OCH3 is 3. The van der Waals surface area contributed by atoms with E-state index < -0.39 is 11.9 Å². The van der Waals surface area contributed by atoms with E-state index >= 15 is 0 Å². The molecule has 0 bridgehead atoms. The zero-order valence-electron chi connectivity index (χ0n) is 16.2. The van der Waals surface area contributed by atoms with Crippen LogP contribution in [-0.2, 0) is 20.7 Å². The molecule has 0 aliphatic carbocycles. The molecule has 0 aliphatic rings. The molecule has 0 aliphatic heterocycles. The number of nitrogens with one attached hydrogen (secondary N) is 1. The second-order valence-electron chi connectivity index (χ2n) is 5.87. The third kappa shape index (κ3) is 6.64. The molecule has 29 heavy (non-hydrogen) atoms. The van der Waals surface area contributed by atoms with Crippen molar-refractivity contribution >= 4 is 49.4 Å². The zero-order chi connectivity index (χ0) is 21.4. The predicted molar refractivity (Wildman–Crippen MR) is 116 cm³/mol. The summed E-state index contributed by atoms with van der Waals surface area (Å²) in [6.45, 7) is -0.364. The van der Waals surface area contributed by atoms with E-state index in [9.17, 15) is 9.59 Å². The fourth-order valence-electron chi connectivity index (χ4n) is 2.52. The molecule has 0 unspecified atom stereocenters. The number of rotatable bonds is 9. The highest BCUT2D eigenvalue weighted by molar-refractivity contribution is 9.11. The van der Waals surface area contributed by atoms with Crippen molar-refractivity contribution in [3.8, 4) is 17.2 Å². The topological polar surface area (TPSA) is 83.1 Å². The minimum atomic E-state index is -0.483. The number of carbonyl (C=O) groups is 2. The van der Waals surface area contributed by atoms with Gasteiger partial charge in [-0.2, -0.15) is 0 Å². The molecule has 1 N–H and O–H groups in total. The first-order chi connectivity index (χ1) is 13.9. The van der Waals surface area contributed by atoms with Gasteiger partial charge >= 0.3 is 5.97 Å². The van der Waals surface area contributed by atoms with Crippen LogP contribution in [0.4, 0.5) is 5.69 Å². The van der Waals surface area contributed by atoms with E-state index in [0.717, 1.165) is 10.0 Å². The summed E-state index contributed by atoms with van der Waals surface area (Å²) in [5.41, 5.74) is 1.41. The fourth-order valence-corrected chi connectivity index (χ4v) is 3.67. The van der Waals surface area contributed by atoms with Crippen LogP contribution in [0.2, 0.25) is 0 Å². The first kappa shape index (κ1) is 23.0. The number of esters is 1. The number of halogens is 2. The lowest BCUT2D eigenvalue weighted by Gasteiger charge is -2.14. The van der Waals surface area contributed by atoms with Gasteiger partial charge in [0, 0.05) is 15.4 Å². The summed E-state index contributed by atoms with van der Waals surface area (Å²) in [5, 5.41) is 2.68. The molecule has 7 nitrogen and oxygen atoms in total. The zero-order valence-corrected chi connectivity index (χ0v) is 19.4. The van der Waals surface area contributed by atoms with E-state index in [-0.39, 0.29) is 13.0 Å². The van der Waals surface area contributed by atoms with Gasteiger partial charge in [-0.3, -0.25) is 9.59 Å². The number of aryl methyl sites for hydroxylation is 1. The number of hydrogen-bond donors (Lipinski definition) is 1. The first-order valence-electron chi connectivity index (χ1n) is 8.57. The molecule has 0 fully saturated rings. The molecule has 0 aromatic heterocycles. The third-order valence-corrected chi connectivity index (χ3v) is 5.06. The van der Waals surface area contributed by atoms with Gasteiger partial charge in [0.1, 0.15) is 0 Å². The third-order valence-electron chi connectivity index (χ3n) is 3.91. The van der Waals surface area contributed by atoms with Gasteiger partial charge in [0.25, 0.3) is 5.91 Å². The predicted octanol–water partition coefficient (Wildman–Crippen LogP) is 4.35. The SMILES string of the molecule is COc1cc(CCC(=O)OCC(=O)Nc2ccc(Br)cc2Br)cc(OC)c1OC. The van der Waals surface area contributed by atoms with Crippen LogP contribution in [0.25, 0.3) is 0 Å². The quantitative estimate of drug-likeness (QED) is 0.485. The van der Waals surface area contributed by atoms with Gasteiger partial charge in [-0.15, -0.1) is 0 Å². The van der Waals surface area contributed by atoms with Crippen molar-refractivity contribution < 1.29 is 28.5 Å². The Morgan fingerprint density at radius 1 is 0.966 bits per heavy atom. The Balaban J connectivity index is 1.87. The van der Waals surface area contributed by atoms with E-state index in [4.69, 9.17) is 18.9 Å². The van der Waals surface area contributed by atoms with Crippen molar-refractivity contribution in [2.75, 3.05) is 33.3 Å². The van der Waals surface area contributed by atoms with Crippen LogP contribution in [0.1, 0.15) is 12.0 Å². The van der Waals surface area contributed by atoms with Crippen molar-refractivity contribution in [3.05, 3.63) is 44.8 Å². The van der Waals surface area contributed by atoms with Crippen molar-refractivity contribution in [3.63, 3.8) is 0 Å². The van der Waals surface area contributed by atoms with Gasteiger partial charge in [0.05, 0.1) is 27.0 Å². The average Bonchev–Trinajstić information content (AvgIpc) is 2.71. The summed E-state index contributed by atoms with van der Waals surface area (Å²) >= 11 is 6.70. The summed E-state index contributed by atoms with van der Waals surface area (Å²) in [6.07, 6.45) is 0.503. The second-order valence-corrected chi connectivity index (χ2v) is 7.64. The molecule has 0 saturated carbocycles. The maximum absolute atomic E-state index is 12.0. The minimum Gasteiger partial charge on any atom is -0.493 e. The van der Waals surface area contributed by atoms with Crippen molar-refractivity contribution in [2.24, 2.45) is 0 Å². The van der Waals surface area contributed by atoms with Gasteiger partial charge in [-0.05, 0) is 58.2 Å². The van der Waals surface area contributed by atoms with Gasteiger partial charge in [-0.1, -0.05) is 15.9 Å². The summed E-state index contributed by atoms with van der Waals surface area (Å²) in [4.78, 5) is 24.0. The van der Waals surface area contributed by atoms with Crippen LogP contribution < -0.4 is 19.5 Å². The summed E-state index contributed by atoms with van der Waals surface area (Å²) in [7, 11) is 4.57. The maximum Gasteiger partial charge on any atom is 0.306 e. The Labute approximate surface area is 185 Å². The Morgan fingerprint density at radius 2 is 1.62 bits per heavy atom. The molecule has 2 aromatic carbocycles. The van der Waals surface area contributed by atoms with E-state index in [1.54, 1.807) is 30.3 Å². The Kier molecular flexibility index (Phi) is 8.78. The number of carbonyl (C=O) groups excluding carboxylic acids is 2. The van der Waals surface area contributed by atoms with E-state index in [2.05, 4.69) is 37.2 Å². The van der Waals surface area contributed by atoms with Crippen molar-refractivity contribution in [1.82, 2.24) is 0 Å². The molecule has 0 radical (unpaired) electrons. The van der Waals surface area contributed by atoms with Crippen LogP contribution >= 0.6 is 31.9 Å². The molecule has 9 heteroatoms. The van der Waals surface area contributed by atoms with E-state index in [1.807, 2.05) is 0 Å². The normalized spacial score (nSPS) is 10.2. The fraction of sp³-hybridized carbons (Fsp3) is 0.300. The monoisotopic (exact) mass is 529 g/mol. The Bertz CT molecular complexity index is 862. The lowest BCUT2D eigenvalue weighted by Crippen LogP contribution is -2.21. The van der Waals surface area contributed by atoms with Crippen LogP contribution in [0.15, 0.2) is 39.3 Å². The highest BCUT2D eigenvalue weighted by atomic mass is 79.9. The minimum absolute atomic E-state index is 0.105. The van der Waals surface area contributed by atoms with Crippen LogP contribution in [0.5, 0.6) is 17.2 Å². The molecule has 156 valence electrons. The molecule has 0 heterocycles. The molecule has 0 saturated heterocycles. The molecule has 2 aromatic rings. The lowest BCUT2D eigenvalue weighted by molar-refractivity contribution is -0.147. The van der Waals surface area contributed by atoms with Crippen LogP contribution in [-0.4, -0.2) is 39.8 Å². The first-order valence-corrected chi connectivity index (χ1v) is 10.2. The lowest BCUT2D eigenvalue weighted by atomic mass is 10.1. The highest BCUT2D eigenvalue weighted by Gasteiger charge is 2.15. The summed E-state index contributed by atoms with van der Waals surface area (Å²) in [6, 6.07) is 8.87. The average molecular weight is 531 g/mol. The molecule has 0 atom stereocenters. The highest BCUT2D eigenvalue weighted by Crippen LogP contribution is 2.38. The molecule has 0 spiro atoms. The number of ether oxygens (including phenoxy) is 4. The second kappa shape index (κ2) is 11.1. The standard InChI is InChI=1S/C20H21Br2NO6/c1-26-16-8-12(9-17(27-2)20(16)28-3)4-7-19(25)29-11-18(24)23-15-6-5-13(21)10-14(15)22/h5-6,8-10H,4,7,11H2,1-3H3,(H,23,24). The molecule has 1 amide bonds. The van der Waals surface area contributed by atoms with E-state index in [1.165, 1.54) is 21.3 Å². The van der Waals surface area contributed by atoms with Crippen LogP contribution in [0, 0.1) is 0 Å². The smallest absolute Gasteiger partial charge is 0.306 e. The largest absolute Gasteiger partial charge is 0.493 e. The number of benzene rings is 2. The van der Waals surface area contributed by atoms with Crippen molar-refractivity contribution in [1.29, 1.82) is 0 Å². The van der Waals surface area contributed by atoms with Gasteiger partial charge in [0.2, 0.25) is 5.75 Å². The maximum atomic E-state index is 12.0. The van der Waals surface area contributed by atoms with Gasteiger partial charge in [0.15, 0.2) is 18.1 Å². The molecular weight excluding hydrogens is 510 g/mol. The molecule has 2 rings (SSSR count). The number of anilines is 1. The number of amides is 1. The van der Waals surface area contributed by atoms with Crippen LogP contribution in [0.3, 0.4) is 0 Å². The summed E-state index contributed by atoms with van der Waals surface area (Å²) in [5.74, 6) is 0.597. The van der Waals surface area contributed by atoms with Crippen molar-refractivity contribution in [2.45, 2.75) is 12.8 Å². The summed E-state index contributed by atoms with van der Waals surface area (Å²) < 4.78 is 22.5. The molecular formula is C20H21Br2NO6. The number of hydrogen-bond acceptors (Lipinski definition) is 6. The Morgan fingerprint density at radius 3 is 2.17 bits per heavy atom. The van der Waals surface area contributed by atoms with E-state index in [0.29, 0.717) is 33.8 Å². The Hall–Kier alpha value is -2.26.